The van der Waals surface area contributed by atoms with Gasteiger partial charge in [-0.25, -0.2) is 0 Å². The van der Waals surface area contributed by atoms with E-state index in [-0.39, 0.29) is 11.5 Å². The van der Waals surface area contributed by atoms with Gasteiger partial charge in [0.2, 0.25) is 5.91 Å². The summed E-state index contributed by atoms with van der Waals surface area (Å²) in [5, 5.41) is 3.59. The number of fused-ring (bicyclic) bond motifs is 1. The third kappa shape index (κ3) is 6.53. The molecule has 6 nitrogen and oxygen atoms in total. The molecule has 1 aromatic heterocycles. The number of hydrogen-bond donors (Lipinski definition) is 2. The standard InChI is InChI=1S/C20H29BrN4O2S/c1-3-24(4-2)13-11-22-18(26)8-6-5-7-12-25-19(27)16-14-15(21)9-10-17(16)23-20(25)28/h9-10,14H,3-8,11-13H2,1-2H3,(H,22,26)(H,23,28). The van der Waals surface area contributed by atoms with Crippen molar-refractivity contribution in [2.75, 3.05) is 26.2 Å². The van der Waals surface area contributed by atoms with Gasteiger partial charge in [-0.2, -0.15) is 0 Å². The number of carbonyl (C=O) groups is 1. The van der Waals surface area contributed by atoms with Crippen molar-refractivity contribution >= 4 is 45.0 Å². The summed E-state index contributed by atoms with van der Waals surface area (Å²) in [6.07, 6.45) is 3.01. The highest BCUT2D eigenvalue weighted by atomic mass is 79.9. The number of halogens is 1. The molecule has 8 heteroatoms. The van der Waals surface area contributed by atoms with Gasteiger partial charge in [0.1, 0.15) is 0 Å². The summed E-state index contributed by atoms with van der Waals surface area (Å²) in [5.41, 5.74) is 0.671. The van der Waals surface area contributed by atoms with Gasteiger partial charge in [0.25, 0.3) is 5.56 Å². The second kappa shape index (κ2) is 11.5. The lowest BCUT2D eigenvalue weighted by Gasteiger charge is -2.17. The van der Waals surface area contributed by atoms with Crippen LogP contribution in [-0.4, -0.2) is 46.5 Å². The molecule has 1 heterocycles. The average molecular weight is 469 g/mol. The van der Waals surface area contributed by atoms with E-state index in [0.717, 1.165) is 48.9 Å². The first-order chi connectivity index (χ1) is 13.5. The monoisotopic (exact) mass is 468 g/mol. The van der Waals surface area contributed by atoms with Crippen molar-refractivity contribution in [2.24, 2.45) is 0 Å². The highest BCUT2D eigenvalue weighted by Gasteiger charge is 2.07. The second-order valence-corrected chi connectivity index (χ2v) is 8.07. The van der Waals surface area contributed by atoms with Crippen LogP contribution in [0.3, 0.4) is 0 Å². The van der Waals surface area contributed by atoms with Crippen molar-refractivity contribution in [3.05, 3.63) is 37.8 Å². The second-order valence-electron chi connectivity index (χ2n) is 6.76. The Bertz CT molecular complexity index is 905. The number of hydrogen-bond acceptors (Lipinski definition) is 4. The largest absolute Gasteiger partial charge is 0.355 e. The van der Waals surface area contributed by atoms with Crippen LogP contribution in [0.5, 0.6) is 0 Å². The number of amides is 1. The molecule has 0 radical (unpaired) electrons. The number of likely N-dealkylation sites (N-methyl/N-ethyl adjacent to an activating group) is 1. The summed E-state index contributed by atoms with van der Waals surface area (Å²) < 4.78 is 2.91. The third-order valence-electron chi connectivity index (χ3n) is 4.87. The molecule has 2 N–H and O–H groups in total. The summed E-state index contributed by atoms with van der Waals surface area (Å²) in [4.78, 5) is 30.0. The minimum absolute atomic E-state index is 0.0748. The van der Waals surface area contributed by atoms with Crippen LogP contribution in [0.2, 0.25) is 0 Å². The topological polar surface area (TPSA) is 70.1 Å². The molecular weight excluding hydrogens is 440 g/mol. The number of carbonyl (C=O) groups excluding carboxylic acids is 1. The maximum Gasteiger partial charge on any atom is 0.262 e. The van der Waals surface area contributed by atoms with E-state index in [1.165, 1.54) is 0 Å². The minimum Gasteiger partial charge on any atom is -0.355 e. The van der Waals surface area contributed by atoms with Crippen molar-refractivity contribution < 1.29 is 4.79 Å². The van der Waals surface area contributed by atoms with Crippen molar-refractivity contribution in [1.29, 1.82) is 0 Å². The van der Waals surface area contributed by atoms with Gasteiger partial charge < -0.3 is 15.2 Å². The van der Waals surface area contributed by atoms with Crippen LogP contribution in [0, 0.1) is 4.77 Å². The van der Waals surface area contributed by atoms with Crippen LogP contribution in [0.15, 0.2) is 27.5 Å². The molecule has 0 aliphatic heterocycles. The Labute approximate surface area is 179 Å². The first-order valence-electron chi connectivity index (χ1n) is 9.87. The molecule has 0 saturated heterocycles. The third-order valence-corrected chi connectivity index (χ3v) is 5.69. The Morgan fingerprint density at radius 2 is 2.00 bits per heavy atom. The lowest BCUT2D eigenvalue weighted by atomic mass is 10.2. The van der Waals surface area contributed by atoms with E-state index in [0.29, 0.717) is 29.7 Å². The van der Waals surface area contributed by atoms with Gasteiger partial charge in [0.15, 0.2) is 4.77 Å². The zero-order valence-corrected chi connectivity index (χ0v) is 19.0. The van der Waals surface area contributed by atoms with E-state index >= 15 is 0 Å². The Balaban J connectivity index is 1.77. The number of aromatic nitrogens is 2. The predicted octanol–water partition coefficient (Wildman–Crippen LogP) is 3.84. The molecule has 0 saturated carbocycles. The smallest absolute Gasteiger partial charge is 0.262 e. The van der Waals surface area contributed by atoms with Crippen LogP contribution in [0.1, 0.15) is 39.5 Å². The van der Waals surface area contributed by atoms with Crippen molar-refractivity contribution in [1.82, 2.24) is 19.8 Å². The van der Waals surface area contributed by atoms with Gasteiger partial charge in [0, 0.05) is 30.5 Å². The molecule has 2 rings (SSSR count). The van der Waals surface area contributed by atoms with Crippen LogP contribution >= 0.6 is 28.1 Å². The lowest BCUT2D eigenvalue weighted by Crippen LogP contribution is -2.34. The van der Waals surface area contributed by atoms with Gasteiger partial charge in [-0.3, -0.25) is 14.2 Å². The molecule has 0 fully saturated rings. The minimum atomic E-state index is -0.0748. The number of rotatable bonds is 11. The van der Waals surface area contributed by atoms with Gasteiger partial charge in [-0.15, -0.1) is 0 Å². The fraction of sp³-hybridized carbons (Fsp3) is 0.550. The molecule has 0 atom stereocenters. The molecule has 0 aliphatic carbocycles. The number of aromatic amines is 1. The molecule has 0 spiro atoms. The fourth-order valence-electron chi connectivity index (χ4n) is 3.14. The number of nitrogens with one attached hydrogen (secondary N) is 2. The van der Waals surface area contributed by atoms with E-state index in [2.05, 4.69) is 45.0 Å². The van der Waals surface area contributed by atoms with Gasteiger partial charge in [-0.05, 0) is 56.3 Å². The molecule has 0 aliphatic rings. The van der Waals surface area contributed by atoms with Crippen molar-refractivity contribution in [3.63, 3.8) is 0 Å². The van der Waals surface area contributed by atoms with Gasteiger partial charge >= 0.3 is 0 Å². The Morgan fingerprint density at radius 3 is 2.71 bits per heavy atom. The Hall–Kier alpha value is -1.51. The van der Waals surface area contributed by atoms with Gasteiger partial charge in [0.05, 0.1) is 10.9 Å². The van der Waals surface area contributed by atoms with E-state index in [9.17, 15) is 9.59 Å². The zero-order valence-electron chi connectivity index (χ0n) is 16.6. The molecule has 2 aromatic rings. The molecule has 1 amide bonds. The maximum atomic E-state index is 12.7. The Kier molecular flexibility index (Phi) is 9.34. The predicted molar refractivity (Wildman–Crippen MR) is 120 cm³/mol. The summed E-state index contributed by atoms with van der Waals surface area (Å²) in [6, 6.07) is 5.53. The molecule has 154 valence electrons. The number of benzene rings is 1. The van der Waals surface area contributed by atoms with Crippen LogP contribution < -0.4 is 10.9 Å². The number of H-pyrrole nitrogens is 1. The zero-order chi connectivity index (χ0) is 20.5. The lowest BCUT2D eigenvalue weighted by molar-refractivity contribution is -0.121. The molecular formula is C20H29BrN4O2S. The highest BCUT2D eigenvalue weighted by molar-refractivity contribution is 9.10. The van der Waals surface area contributed by atoms with Crippen LogP contribution in [0.25, 0.3) is 10.9 Å². The van der Waals surface area contributed by atoms with Crippen LogP contribution in [0.4, 0.5) is 0 Å². The molecule has 1 aromatic carbocycles. The van der Waals surface area contributed by atoms with E-state index < -0.39 is 0 Å². The van der Waals surface area contributed by atoms with Crippen molar-refractivity contribution in [2.45, 2.75) is 46.1 Å². The Morgan fingerprint density at radius 1 is 1.25 bits per heavy atom. The number of nitrogens with zero attached hydrogens (tertiary/aromatic N) is 2. The van der Waals surface area contributed by atoms with E-state index in [4.69, 9.17) is 12.2 Å². The average Bonchev–Trinajstić information content (AvgIpc) is 2.68. The first-order valence-corrected chi connectivity index (χ1v) is 11.1. The fourth-order valence-corrected chi connectivity index (χ4v) is 3.78. The maximum absolute atomic E-state index is 12.7. The summed E-state index contributed by atoms with van der Waals surface area (Å²) in [7, 11) is 0. The van der Waals surface area contributed by atoms with E-state index in [1.807, 2.05) is 18.2 Å². The normalized spacial score (nSPS) is 11.3. The summed E-state index contributed by atoms with van der Waals surface area (Å²) >= 11 is 8.74. The highest BCUT2D eigenvalue weighted by Crippen LogP contribution is 2.15. The number of unbranched alkanes of at least 4 members (excludes halogenated alkanes) is 2. The molecule has 0 unspecified atom stereocenters. The summed E-state index contributed by atoms with van der Waals surface area (Å²) in [6.45, 7) is 8.38. The first kappa shape index (κ1) is 22.8. The quantitative estimate of drug-likeness (QED) is 0.388. The van der Waals surface area contributed by atoms with Gasteiger partial charge in [-0.1, -0.05) is 36.2 Å². The molecule has 28 heavy (non-hydrogen) atoms. The SMILES string of the molecule is CCN(CC)CCNC(=O)CCCCCn1c(=S)[nH]c2ccc(Br)cc2c1=O. The molecule has 0 bridgehead atoms. The van der Waals surface area contributed by atoms with E-state index in [1.54, 1.807) is 4.57 Å². The van der Waals surface area contributed by atoms with Crippen LogP contribution in [-0.2, 0) is 11.3 Å². The summed E-state index contributed by atoms with van der Waals surface area (Å²) in [5.74, 6) is 0.0946. The van der Waals surface area contributed by atoms with Crippen molar-refractivity contribution in [3.8, 4) is 0 Å².